The summed E-state index contributed by atoms with van der Waals surface area (Å²) >= 11 is 5.67. The fourth-order valence-corrected chi connectivity index (χ4v) is 2.98. The molecule has 0 saturated heterocycles. The lowest BCUT2D eigenvalue weighted by Gasteiger charge is -2.27. The molecule has 1 heterocycles. The van der Waals surface area contributed by atoms with Crippen LogP contribution >= 0.6 is 11.6 Å². The summed E-state index contributed by atoms with van der Waals surface area (Å²) < 4.78 is 2.27. The van der Waals surface area contributed by atoms with E-state index in [0.717, 1.165) is 23.5 Å². The predicted octanol–water partition coefficient (Wildman–Crippen LogP) is 4.45. The lowest BCUT2D eigenvalue weighted by Crippen LogP contribution is -2.23. The average molecular weight is 284 g/mol. The third-order valence-electron chi connectivity index (χ3n) is 4.10. The molecule has 0 amide bonds. The first-order valence-corrected chi connectivity index (χ1v) is 7.58. The number of hydrogen-bond donors (Lipinski definition) is 0. The Morgan fingerprint density at radius 1 is 1.21 bits per heavy atom. The van der Waals surface area contributed by atoms with Gasteiger partial charge in [0.25, 0.3) is 0 Å². The van der Waals surface area contributed by atoms with Crippen molar-refractivity contribution in [1.29, 1.82) is 0 Å². The van der Waals surface area contributed by atoms with Crippen molar-refractivity contribution in [2.45, 2.75) is 48.1 Å². The second-order valence-corrected chi connectivity index (χ2v) is 6.37. The Labute approximate surface area is 122 Å². The van der Waals surface area contributed by atoms with Gasteiger partial charge in [0.05, 0.1) is 5.88 Å². The van der Waals surface area contributed by atoms with E-state index in [1.165, 1.54) is 0 Å². The maximum absolute atomic E-state index is 11.8. The molecule has 0 bridgehead atoms. The van der Waals surface area contributed by atoms with Gasteiger partial charge < -0.3 is 4.57 Å². The van der Waals surface area contributed by atoms with Crippen LogP contribution in [0.25, 0.3) is 0 Å². The van der Waals surface area contributed by atoms with E-state index in [0.29, 0.717) is 17.8 Å². The highest BCUT2D eigenvalue weighted by atomic mass is 35.5. The second-order valence-electron chi connectivity index (χ2n) is 6.10. The van der Waals surface area contributed by atoms with Crippen molar-refractivity contribution in [3.63, 3.8) is 0 Å². The van der Waals surface area contributed by atoms with E-state index >= 15 is 0 Å². The summed E-state index contributed by atoms with van der Waals surface area (Å²) in [6.07, 6.45) is 0. The summed E-state index contributed by atoms with van der Waals surface area (Å²) in [5.74, 6) is 1.96. The highest BCUT2D eigenvalue weighted by molar-refractivity contribution is 6.30. The second kappa shape index (κ2) is 6.60. The van der Waals surface area contributed by atoms with Gasteiger partial charge in [-0.1, -0.05) is 27.7 Å². The molecule has 1 aromatic heterocycles. The van der Waals surface area contributed by atoms with Gasteiger partial charge in [0.2, 0.25) is 0 Å². The normalized spacial score (nSPS) is 11.9. The van der Waals surface area contributed by atoms with Crippen molar-refractivity contribution in [3.8, 4) is 0 Å². The summed E-state index contributed by atoms with van der Waals surface area (Å²) in [5, 5.41) is 0. The van der Waals surface area contributed by atoms with Crippen molar-refractivity contribution >= 4 is 17.4 Å². The average Bonchev–Trinajstić information content (AvgIpc) is 2.60. The van der Waals surface area contributed by atoms with Gasteiger partial charge in [-0.3, -0.25) is 4.79 Å². The van der Waals surface area contributed by atoms with Crippen molar-refractivity contribution < 1.29 is 4.79 Å². The molecule has 0 radical (unpaired) electrons. The van der Waals surface area contributed by atoms with E-state index in [1.54, 1.807) is 0 Å². The first-order valence-electron chi connectivity index (χ1n) is 7.05. The quantitative estimate of drug-likeness (QED) is 0.558. The SMILES string of the molecule is Cc1cc(C(=O)CCl)c(C)n1CC(C(C)C)C(C)C. The number of aryl methyl sites for hydroxylation is 1. The lowest BCUT2D eigenvalue weighted by atomic mass is 9.85. The van der Waals surface area contributed by atoms with Crippen LogP contribution in [0.15, 0.2) is 6.07 Å². The molecule has 0 aromatic carbocycles. The highest BCUT2D eigenvalue weighted by Gasteiger charge is 2.21. The van der Waals surface area contributed by atoms with Crippen molar-refractivity contribution in [1.82, 2.24) is 4.57 Å². The number of carbonyl (C=O) groups is 1. The third kappa shape index (κ3) is 3.62. The summed E-state index contributed by atoms with van der Waals surface area (Å²) in [6, 6.07) is 1.97. The molecule has 1 rings (SSSR count). The van der Waals surface area contributed by atoms with Gasteiger partial charge in [-0.25, -0.2) is 0 Å². The molecule has 19 heavy (non-hydrogen) atoms. The van der Waals surface area contributed by atoms with E-state index < -0.39 is 0 Å². The van der Waals surface area contributed by atoms with Crippen LogP contribution in [-0.2, 0) is 6.54 Å². The number of alkyl halides is 1. The molecule has 0 saturated carbocycles. The Bertz CT molecular complexity index is 438. The Morgan fingerprint density at radius 2 is 1.74 bits per heavy atom. The number of hydrogen-bond acceptors (Lipinski definition) is 1. The Hall–Kier alpha value is -0.760. The zero-order valence-corrected chi connectivity index (χ0v) is 13.7. The number of nitrogens with zero attached hydrogens (tertiary/aromatic N) is 1. The van der Waals surface area contributed by atoms with Crippen LogP contribution in [0.5, 0.6) is 0 Å². The summed E-state index contributed by atoms with van der Waals surface area (Å²) in [5.41, 5.74) is 2.98. The molecule has 3 heteroatoms. The van der Waals surface area contributed by atoms with Crippen LogP contribution in [0.2, 0.25) is 0 Å². The highest BCUT2D eigenvalue weighted by Crippen LogP contribution is 2.26. The van der Waals surface area contributed by atoms with E-state index in [-0.39, 0.29) is 11.7 Å². The standard InChI is InChI=1S/C16H26ClNO/c1-10(2)15(11(3)4)9-18-12(5)7-14(13(18)6)16(19)8-17/h7,10-11,15H,8-9H2,1-6H3. The molecule has 0 aliphatic carbocycles. The first-order chi connectivity index (χ1) is 8.79. The van der Waals surface area contributed by atoms with E-state index in [9.17, 15) is 4.79 Å². The molecular weight excluding hydrogens is 258 g/mol. The minimum Gasteiger partial charge on any atom is -0.348 e. The van der Waals surface area contributed by atoms with E-state index in [2.05, 4.69) is 39.2 Å². The number of Topliss-reactive ketones (excluding diaryl/α,β-unsaturated/α-hetero) is 1. The predicted molar refractivity (Wildman–Crippen MR) is 82.1 cm³/mol. The molecule has 0 N–H and O–H groups in total. The molecule has 0 atom stereocenters. The maximum atomic E-state index is 11.8. The Morgan fingerprint density at radius 3 is 2.16 bits per heavy atom. The topological polar surface area (TPSA) is 22.0 Å². The minimum absolute atomic E-state index is 0.0201. The van der Waals surface area contributed by atoms with E-state index in [1.807, 2.05) is 13.0 Å². The lowest BCUT2D eigenvalue weighted by molar-refractivity contribution is 0.102. The third-order valence-corrected chi connectivity index (χ3v) is 4.34. The van der Waals surface area contributed by atoms with Crippen LogP contribution < -0.4 is 0 Å². The van der Waals surface area contributed by atoms with Gasteiger partial charge in [-0.15, -0.1) is 11.6 Å². The van der Waals surface area contributed by atoms with Crippen LogP contribution in [-0.4, -0.2) is 16.2 Å². The molecule has 1 aromatic rings. The smallest absolute Gasteiger partial charge is 0.179 e. The minimum atomic E-state index is 0.0201. The number of aromatic nitrogens is 1. The van der Waals surface area contributed by atoms with Gasteiger partial charge in [-0.05, 0) is 37.7 Å². The summed E-state index contributed by atoms with van der Waals surface area (Å²) in [7, 11) is 0. The van der Waals surface area contributed by atoms with E-state index in [4.69, 9.17) is 11.6 Å². The van der Waals surface area contributed by atoms with Gasteiger partial charge in [0.1, 0.15) is 0 Å². The first kappa shape index (κ1) is 16.3. The van der Waals surface area contributed by atoms with Crippen LogP contribution in [0.3, 0.4) is 0 Å². The molecule has 0 aliphatic heterocycles. The fraction of sp³-hybridized carbons (Fsp3) is 0.688. The monoisotopic (exact) mass is 283 g/mol. The number of ketones is 1. The van der Waals surface area contributed by atoms with Gasteiger partial charge in [0, 0.05) is 23.5 Å². The molecule has 0 spiro atoms. The van der Waals surface area contributed by atoms with Gasteiger partial charge in [-0.2, -0.15) is 0 Å². The van der Waals surface area contributed by atoms with Crippen LogP contribution in [0.4, 0.5) is 0 Å². The molecule has 0 aliphatic rings. The Kier molecular flexibility index (Phi) is 5.66. The zero-order chi connectivity index (χ0) is 14.7. The molecule has 0 unspecified atom stereocenters. The molecule has 108 valence electrons. The van der Waals surface area contributed by atoms with Gasteiger partial charge >= 0.3 is 0 Å². The van der Waals surface area contributed by atoms with Crippen molar-refractivity contribution in [3.05, 3.63) is 23.0 Å². The number of rotatable bonds is 6. The number of halogens is 1. The zero-order valence-electron chi connectivity index (χ0n) is 13.0. The molecule has 0 fully saturated rings. The fourth-order valence-electron chi connectivity index (χ4n) is 2.84. The summed E-state index contributed by atoms with van der Waals surface area (Å²) in [4.78, 5) is 11.8. The largest absolute Gasteiger partial charge is 0.348 e. The Balaban J connectivity index is 3.08. The van der Waals surface area contributed by atoms with Crippen molar-refractivity contribution in [2.75, 3.05) is 5.88 Å². The van der Waals surface area contributed by atoms with Crippen molar-refractivity contribution in [2.24, 2.45) is 17.8 Å². The number of carbonyl (C=O) groups excluding carboxylic acids is 1. The van der Waals surface area contributed by atoms with Crippen LogP contribution in [0.1, 0.15) is 49.4 Å². The molecule has 2 nitrogen and oxygen atoms in total. The maximum Gasteiger partial charge on any atom is 0.179 e. The molecular formula is C16H26ClNO. The van der Waals surface area contributed by atoms with Gasteiger partial charge in [0.15, 0.2) is 5.78 Å². The van der Waals surface area contributed by atoms with Crippen LogP contribution in [0, 0.1) is 31.6 Å². The summed E-state index contributed by atoms with van der Waals surface area (Å²) in [6.45, 7) is 14.1.